The fourth-order valence-corrected chi connectivity index (χ4v) is 4.40. The second-order valence-corrected chi connectivity index (χ2v) is 10.9. The minimum absolute atomic E-state index is 0.0446. The number of unbranched alkanes of at least 4 members (excludes halogenated alkanes) is 10. The van der Waals surface area contributed by atoms with Crippen molar-refractivity contribution in [3.8, 4) is 0 Å². The molecule has 4 atom stereocenters. The SMILES string of the molecule is CCCCCC/C=C\CC(O)CC(=O)NC(COP(=O)(O)OCCN)C(O)/C=C/CCCCCCCC. The number of nitrogens with two attached hydrogens (primary N) is 1. The lowest BCUT2D eigenvalue weighted by molar-refractivity contribution is -0.124. The molecule has 0 radical (unpaired) electrons. The molecule has 0 aliphatic carbocycles. The first-order valence-electron chi connectivity index (χ1n) is 14.0. The number of nitrogens with one attached hydrogen (secondary N) is 1. The molecule has 0 aromatic heterocycles. The zero-order valence-electron chi connectivity index (χ0n) is 23.1. The van der Waals surface area contributed by atoms with E-state index >= 15 is 0 Å². The molecule has 6 N–H and O–H groups in total. The van der Waals surface area contributed by atoms with Crippen molar-refractivity contribution in [2.24, 2.45) is 5.73 Å². The summed E-state index contributed by atoms with van der Waals surface area (Å²) < 4.78 is 21.7. The third kappa shape index (κ3) is 22.6. The Balaban J connectivity index is 4.75. The van der Waals surface area contributed by atoms with E-state index in [1.54, 1.807) is 6.08 Å². The third-order valence-corrected chi connectivity index (χ3v) is 6.81. The van der Waals surface area contributed by atoms with Gasteiger partial charge < -0.3 is 26.2 Å². The quantitative estimate of drug-likeness (QED) is 0.0614. The van der Waals surface area contributed by atoms with Crippen LogP contribution in [0.25, 0.3) is 0 Å². The third-order valence-electron chi connectivity index (χ3n) is 5.83. The molecule has 218 valence electrons. The average molecular weight is 549 g/mol. The zero-order valence-corrected chi connectivity index (χ0v) is 24.0. The van der Waals surface area contributed by atoms with Gasteiger partial charge in [0.2, 0.25) is 5.91 Å². The maximum atomic E-state index is 12.5. The summed E-state index contributed by atoms with van der Waals surface area (Å²) in [6.45, 7) is 3.78. The van der Waals surface area contributed by atoms with Crippen molar-refractivity contribution < 1.29 is 33.5 Å². The molecule has 0 aliphatic rings. The Labute approximate surface area is 224 Å². The summed E-state index contributed by atoms with van der Waals surface area (Å²) in [5.41, 5.74) is 5.29. The van der Waals surface area contributed by atoms with Crippen LogP contribution in [0.1, 0.15) is 104 Å². The summed E-state index contributed by atoms with van der Waals surface area (Å²) in [6, 6.07) is -0.989. The summed E-state index contributed by atoms with van der Waals surface area (Å²) in [4.78, 5) is 22.3. The van der Waals surface area contributed by atoms with E-state index in [0.29, 0.717) is 6.42 Å². The Morgan fingerprint density at radius 3 is 2.16 bits per heavy atom. The highest BCUT2D eigenvalue weighted by molar-refractivity contribution is 7.47. The van der Waals surface area contributed by atoms with E-state index in [4.69, 9.17) is 14.8 Å². The molecule has 0 saturated heterocycles. The summed E-state index contributed by atoms with van der Waals surface area (Å²) in [6.07, 6.45) is 18.8. The molecule has 0 aromatic carbocycles. The number of allylic oxidation sites excluding steroid dienone is 2. The second kappa shape index (κ2) is 24.0. The van der Waals surface area contributed by atoms with Crippen LogP contribution in [0.2, 0.25) is 0 Å². The van der Waals surface area contributed by atoms with Gasteiger partial charge in [-0.05, 0) is 32.1 Å². The highest BCUT2D eigenvalue weighted by Crippen LogP contribution is 2.43. The summed E-state index contributed by atoms with van der Waals surface area (Å²) in [7, 11) is -4.38. The average Bonchev–Trinajstić information content (AvgIpc) is 2.86. The minimum Gasteiger partial charge on any atom is -0.392 e. The van der Waals surface area contributed by atoms with E-state index in [1.807, 2.05) is 18.2 Å². The highest BCUT2D eigenvalue weighted by atomic mass is 31.2. The van der Waals surface area contributed by atoms with Gasteiger partial charge in [-0.15, -0.1) is 0 Å². The Bertz CT molecular complexity index is 661. The van der Waals surface area contributed by atoms with Crippen molar-refractivity contribution in [2.75, 3.05) is 19.8 Å². The Hall–Kier alpha value is -1.06. The second-order valence-electron chi connectivity index (χ2n) is 9.45. The normalized spacial score (nSPS) is 16.2. The number of hydrogen-bond donors (Lipinski definition) is 5. The smallest absolute Gasteiger partial charge is 0.392 e. The van der Waals surface area contributed by atoms with Crippen LogP contribution in [-0.4, -0.2) is 59.0 Å². The lowest BCUT2D eigenvalue weighted by Crippen LogP contribution is -2.46. The number of rotatable bonds is 25. The van der Waals surface area contributed by atoms with Crippen LogP contribution >= 0.6 is 7.82 Å². The molecule has 10 heteroatoms. The molecule has 1 amide bonds. The molecule has 0 bridgehead atoms. The molecular formula is C27H53N2O7P. The van der Waals surface area contributed by atoms with Gasteiger partial charge in [-0.3, -0.25) is 13.8 Å². The fourth-order valence-electron chi connectivity index (χ4n) is 3.64. The van der Waals surface area contributed by atoms with Gasteiger partial charge >= 0.3 is 7.82 Å². The first-order valence-corrected chi connectivity index (χ1v) is 15.5. The van der Waals surface area contributed by atoms with Crippen LogP contribution in [0.5, 0.6) is 0 Å². The standard InChI is InChI=1S/C27H53N2O7P/c1-3-5-7-9-11-13-15-17-19-26(31)25(23-36-37(33,34)35-21-20-28)29-27(32)22-24(30)18-16-14-12-10-8-6-4-2/h14,16-17,19,24-26,30-31H,3-13,15,18,20-23,28H2,1-2H3,(H,29,32)(H,33,34)/b16-14-,19-17+. The first-order chi connectivity index (χ1) is 17.8. The first kappa shape index (κ1) is 35.9. The molecule has 0 fully saturated rings. The van der Waals surface area contributed by atoms with Gasteiger partial charge in [-0.2, -0.15) is 0 Å². The maximum Gasteiger partial charge on any atom is 0.472 e. The lowest BCUT2D eigenvalue weighted by atomic mass is 10.1. The van der Waals surface area contributed by atoms with Gasteiger partial charge in [-0.25, -0.2) is 4.57 Å². The van der Waals surface area contributed by atoms with Crippen molar-refractivity contribution in [2.45, 2.75) is 122 Å². The van der Waals surface area contributed by atoms with E-state index in [0.717, 1.165) is 32.1 Å². The number of phosphoric ester groups is 1. The van der Waals surface area contributed by atoms with Crippen LogP contribution in [0.15, 0.2) is 24.3 Å². The largest absolute Gasteiger partial charge is 0.472 e. The number of carbonyl (C=O) groups excluding carboxylic acids is 1. The Kier molecular flexibility index (Phi) is 23.3. The summed E-state index contributed by atoms with van der Waals surface area (Å²) in [5, 5.41) is 23.4. The van der Waals surface area contributed by atoms with Gasteiger partial charge in [0.15, 0.2) is 0 Å². The molecule has 4 unspecified atom stereocenters. The van der Waals surface area contributed by atoms with Gasteiger partial charge in [0.1, 0.15) is 0 Å². The topological polar surface area (TPSA) is 151 Å². The number of hydrogen-bond acceptors (Lipinski definition) is 7. The number of carbonyl (C=O) groups is 1. The van der Waals surface area contributed by atoms with Crippen LogP contribution in [-0.2, 0) is 18.4 Å². The molecular weight excluding hydrogens is 495 g/mol. The lowest BCUT2D eigenvalue weighted by Gasteiger charge is -2.23. The Morgan fingerprint density at radius 2 is 1.51 bits per heavy atom. The maximum absolute atomic E-state index is 12.5. The number of aliphatic hydroxyl groups excluding tert-OH is 2. The van der Waals surface area contributed by atoms with Crippen molar-refractivity contribution in [1.82, 2.24) is 5.32 Å². The van der Waals surface area contributed by atoms with Gasteiger partial charge in [0, 0.05) is 6.54 Å². The van der Waals surface area contributed by atoms with Gasteiger partial charge in [0.05, 0.1) is 37.9 Å². The molecule has 9 nitrogen and oxygen atoms in total. The van der Waals surface area contributed by atoms with Crippen LogP contribution in [0.4, 0.5) is 0 Å². The summed E-state index contributed by atoms with van der Waals surface area (Å²) in [5.74, 6) is -0.489. The molecule has 0 rings (SSSR count). The molecule has 0 saturated carbocycles. The van der Waals surface area contributed by atoms with E-state index < -0.39 is 38.6 Å². The monoisotopic (exact) mass is 548 g/mol. The fraction of sp³-hybridized carbons (Fsp3) is 0.815. The van der Waals surface area contributed by atoms with Gasteiger partial charge in [-0.1, -0.05) is 89.5 Å². The summed E-state index contributed by atoms with van der Waals surface area (Å²) >= 11 is 0. The minimum atomic E-state index is -4.38. The molecule has 0 aromatic rings. The van der Waals surface area contributed by atoms with E-state index in [2.05, 4.69) is 19.2 Å². The highest BCUT2D eigenvalue weighted by Gasteiger charge is 2.27. The van der Waals surface area contributed by atoms with Crippen LogP contribution in [0.3, 0.4) is 0 Å². The van der Waals surface area contributed by atoms with Crippen molar-refractivity contribution in [1.29, 1.82) is 0 Å². The van der Waals surface area contributed by atoms with Crippen molar-refractivity contribution in [3.63, 3.8) is 0 Å². The molecule has 0 heterocycles. The van der Waals surface area contributed by atoms with Gasteiger partial charge in [0.25, 0.3) is 0 Å². The molecule has 0 aliphatic heterocycles. The van der Waals surface area contributed by atoms with E-state index in [-0.39, 0.29) is 19.6 Å². The number of phosphoric acid groups is 1. The zero-order chi connectivity index (χ0) is 27.8. The number of aliphatic hydroxyl groups is 2. The Morgan fingerprint density at radius 1 is 0.919 bits per heavy atom. The molecule has 0 spiro atoms. The van der Waals surface area contributed by atoms with Crippen molar-refractivity contribution in [3.05, 3.63) is 24.3 Å². The predicted molar refractivity (Wildman–Crippen MR) is 149 cm³/mol. The van der Waals surface area contributed by atoms with E-state index in [9.17, 15) is 24.5 Å². The van der Waals surface area contributed by atoms with E-state index in [1.165, 1.54) is 44.9 Å². The predicted octanol–water partition coefficient (Wildman–Crippen LogP) is 4.90. The molecule has 37 heavy (non-hydrogen) atoms. The number of amides is 1. The van der Waals surface area contributed by atoms with Crippen molar-refractivity contribution >= 4 is 13.7 Å². The van der Waals surface area contributed by atoms with Crippen LogP contribution in [0, 0.1) is 0 Å². The van der Waals surface area contributed by atoms with Crippen LogP contribution < -0.4 is 11.1 Å².